The highest BCUT2D eigenvalue weighted by Gasteiger charge is 2.29. The zero-order chi connectivity index (χ0) is 15.5. The minimum atomic E-state index is 0.502. The maximum atomic E-state index is 4.68. The summed E-state index contributed by atoms with van der Waals surface area (Å²) in [7, 11) is 2.17. The Balaban J connectivity index is 2.14. The Bertz CT molecular complexity index is 465. The second-order valence-electron chi connectivity index (χ2n) is 6.63. The molecule has 0 unspecified atom stereocenters. The fraction of sp³-hybridized carbons (Fsp3) is 0.750. The van der Waals surface area contributed by atoms with Crippen molar-refractivity contribution in [2.24, 2.45) is 5.41 Å². The van der Waals surface area contributed by atoms with Crippen molar-refractivity contribution in [3.05, 3.63) is 6.07 Å². The molecule has 1 aromatic heterocycles. The number of thioether (sulfide) groups is 1. The van der Waals surface area contributed by atoms with E-state index in [1.54, 1.807) is 11.8 Å². The molecular formula is C16H28N4S. The van der Waals surface area contributed by atoms with E-state index < -0.39 is 0 Å². The lowest BCUT2D eigenvalue weighted by atomic mass is 9.75. The number of hydrogen-bond acceptors (Lipinski definition) is 5. The van der Waals surface area contributed by atoms with E-state index in [9.17, 15) is 0 Å². The number of rotatable bonds is 5. The van der Waals surface area contributed by atoms with Gasteiger partial charge >= 0.3 is 0 Å². The van der Waals surface area contributed by atoms with E-state index >= 15 is 0 Å². The molecule has 0 aromatic carbocycles. The second-order valence-corrected chi connectivity index (χ2v) is 7.41. The molecule has 1 aliphatic carbocycles. The van der Waals surface area contributed by atoms with Gasteiger partial charge in [-0.3, -0.25) is 0 Å². The van der Waals surface area contributed by atoms with Gasteiger partial charge < -0.3 is 10.2 Å². The summed E-state index contributed by atoms with van der Waals surface area (Å²) in [5.41, 5.74) is 0.502. The Labute approximate surface area is 133 Å². The number of nitrogens with one attached hydrogen (secondary N) is 1. The Morgan fingerprint density at radius 1 is 1.33 bits per heavy atom. The van der Waals surface area contributed by atoms with Gasteiger partial charge in [-0.2, -0.15) is 0 Å². The van der Waals surface area contributed by atoms with Crippen LogP contribution < -0.4 is 10.2 Å². The van der Waals surface area contributed by atoms with Gasteiger partial charge in [0.25, 0.3) is 0 Å². The maximum Gasteiger partial charge on any atom is 0.191 e. The van der Waals surface area contributed by atoms with Crippen molar-refractivity contribution in [3.8, 4) is 0 Å². The molecule has 2 rings (SSSR count). The van der Waals surface area contributed by atoms with E-state index in [1.165, 1.54) is 25.7 Å². The normalized spacial score (nSPS) is 18.5. The van der Waals surface area contributed by atoms with Gasteiger partial charge in [-0.15, -0.1) is 0 Å². The monoisotopic (exact) mass is 308 g/mol. The lowest BCUT2D eigenvalue weighted by Crippen LogP contribution is -2.37. The van der Waals surface area contributed by atoms with Crippen molar-refractivity contribution in [1.82, 2.24) is 9.97 Å². The first-order valence-electron chi connectivity index (χ1n) is 7.85. The van der Waals surface area contributed by atoms with Gasteiger partial charge in [0.1, 0.15) is 11.6 Å². The molecule has 0 amide bonds. The van der Waals surface area contributed by atoms with Crippen LogP contribution in [0.4, 0.5) is 11.6 Å². The predicted molar refractivity (Wildman–Crippen MR) is 92.4 cm³/mol. The van der Waals surface area contributed by atoms with Crippen LogP contribution in [-0.2, 0) is 0 Å². The molecule has 118 valence electrons. The van der Waals surface area contributed by atoms with Gasteiger partial charge in [-0.1, -0.05) is 25.6 Å². The number of anilines is 2. The first-order valence-corrected chi connectivity index (χ1v) is 9.07. The number of nitrogens with zero attached hydrogens (tertiary/aromatic N) is 3. The topological polar surface area (TPSA) is 41.0 Å². The van der Waals surface area contributed by atoms with Crippen LogP contribution in [0.25, 0.3) is 0 Å². The number of aromatic nitrogens is 2. The quantitative estimate of drug-likeness (QED) is 0.657. The molecule has 0 aliphatic heterocycles. The van der Waals surface area contributed by atoms with Gasteiger partial charge in [-0.05, 0) is 44.3 Å². The molecular weight excluding hydrogens is 280 g/mol. The fourth-order valence-corrected chi connectivity index (χ4v) is 3.29. The first kappa shape index (κ1) is 16.4. The third-order valence-electron chi connectivity index (χ3n) is 4.45. The summed E-state index contributed by atoms with van der Waals surface area (Å²) in [6, 6.07) is 2.67. The van der Waals surface area contributed by atoms with E-state index in [0.717, 1.165) is 23.3 Å². The van der Waals surface area contributed by atoms with Crippen LogP contribution in [0.5, 0.6) is 0 Å². The molecule has 21 heavy (non-hydrogen) atoms. The molecule has 0 spiro atoms. The summed E-state index contributed by atoms with van der Waals surface area (Å²) in [6.07, 6.45) is 7.11. The Morgan fingerprint density at radius 3 is 2.57 bits per heavy atom. The van der Waals surface area contributed by atoms with Crippen LogP contribution in [0.3, 0.4) is 0 Å². The Hall–Kier alpha value is -0.970. The molecule has 0 radical (unpaired) electrons. The summed E-state index contributed by atoms with van der Waals surface area (Å²) in [4.78, 5) is 11.5. The van der Waals surface area contributed by atoms with Gasteiger partial charge in [0.2, 0.25) is 0 Å². The summed E-state index contributed by atoms with van der Waals surface area (Å²) in [5, 5.41) is 4.14. The van der Waals surface area contributed by atoms with E-state index in [-0.39, 0.29) is 0 Å². The van der Waals surface area contributed by atoms with Gasteiger partial charge in [0, 0.05) is 25.7 Å². The van der Waals surface area contributed by atoms with Crippen molar-refractivity contribution in [2.45, 2.75) is 57.7 Å². The summed E-state index contributed by atoms with van der Waals surface area (Å²) >= 11 is 1.60. The largest absolute Gasteiger partial charge is 0.370 e. The van der Waals surface area contributed by atoms with Crippen molar-refractivity contribution in [2.75, 3.05) is 30.1 Å². The molecule has 1 N–H and O–H groups in total. The van der Waals surface area contributed by atoms with E-state index in [2.05, 4.69) is 54.1 Å². The standard InChI is InChI=1S/C16H28N4S/c1-6-17-13-11-14(19-15(18-13)21-5)20(4)12-7-9-16(2,3)10-8-12/h11-12H,6-10H2,1-5H3,(H,17,18,19). The van der Waals surface area contributed by atoms with Crippen molar-refractivity contribution < 1.29 is 0 Å². The van der Waals surface area contributed by atoms with Crippen molar-refractivity contribution in [1.29, 1.82) is 0 Å². The van der Waals surface area contributed by atoms with E-state index in [0.29, 0.717) is 11.5 Å². The zero-order valence-corrected chi connectivity index (χ0v) is 14.8. The summed E-state index contributed by atoms with van der Waals surface area (Å²) in [6.45, 7) is 7.73. The smallest absolute Gasteiger partial charge is 0.191 e. The fourth-order valence-electron chi connectivity index (χ4n) is 2.91. The van der Waals surface area contributed by atoms with Crippen LogP contribution in [0.15, 0.2) is 11.2 Å². The SMILES string of the molecule is CCNc1cc(N(C)C2CCC(C)(C)CC2)nc(SC)n1. The number of hydrogen-bond donors (Lipinski definition) is 1. The molecule has 0 saturated heterocycles. The molecule has 1 heterocycles. The van der Waals surface area contributed by atoms with Crippen molar-refractivity contribution >= 4 is 23.4 Å². The Morgan fingerprint density at radius 2 is 2.00 bits per heavy atom. The molecule has 0 bridgehead atoms. The Kier molecular flexibility index (Phi) is 5.36. The van der Waals surface area contributed by atoms with E-state index in [1.807, 2.05) is 6.26 Å². The summed E-state index contributed by atoms with van der Waals surface area (Å²) < 4.78 is 0. The van der Waals surface area contributed by atoms with Crippen LogP contribution in [0.2, 0.25) is 0 Å². The van der Waals surface area contributed by atoms with Crippen LogP contribution in [0.1, 0.15) is 46.5 Å². The third-order valence-corrected chi connectivity index (χ3v) is 5.00. The van der Waals surface area contributed by atoms with Crippen molar-refractivity contribution in [3.63, 3.8) is 0 Å². The van der Waals surface area contributed by atoms with E-state index in [4.69, 9.17) is 0 Å². The van der Waals surface area contributed by atoms with Crippen LogP contribution in [-0.4, -0.2) is 35.9 Å². The second kappa shape index (κ2) is 6.86. The molecule has 1 aliphatic rings. The summed E-state index contributed by atoms with van der Waals surface area (Å²) in [5.74, 6) is 1.96. The highest BCUT2D eigenvalue weighted by molar-refractivity contribution is 7.98. The van der Waals surface area contributed by atoms with Gasteiger partial charge in [-0.25, -0.2) is 9.97 Å². The predicted octanol–water partition coefficient (Wildman–Crippen LogP) is 4.04. The lowest BCUT2D eigenvalue weighted by Gasteiger charge is -2.39. The zero-order valence-electron chi connectivity index (χ0n) is 13.9. The molecule has 1 fully saturated rings. The average Bonchev–Trinajstić information content (AvgIpc) is 2.46. The maximum absolute atomic E-state index is 4.68. The lowest BCUT2D eigenvalue weighted by molar-refractivity contribution is 0.222. The molecule has 5 heteroatoms. The van der Waals surface area contributed by atoms with Gasteiger partial charge in [0.15, 0.2) is 5.16 Å². The first-order chi connectivity index (χ1) is 9.95. The average molecular weight is 308 g/mol. The molecule has 0 atom stereocenters. The molecule has 1 aromatic rings. The highest BCUT2D eigenvalue weighted by Crippen LogP contribution is 2.37. The van der Waals surface area contributed by atoms with Gasteiger partial charge in [0.05, 0.1) is 0 Å². The molecule has 1 saturated carbocycles. The third kappa shape index (κ3) is 4.25. The minimum absolute atomic E-state index is 0.502. The van der Waals surface area contributed by atoms with Crippen LogP contribution in [0, 0.1) is 5.41 Å². The minimum Gasteiger partial charge on any atom is -0.370 e. The molecule has 4 nitrogen and oxygen atoms in total. The van der Waals surface area contributed by atoms with Crippen LogP contribution >= 0.6 is 11.8 Å². The highest BCUT2D eigenvalue weighted by atomic mass is 32.2.